The molecule has 2 saturated heterocycles. The van der Waals surface area contributed by atoms with Gasteiger partial charge in [0.2, 0.25) is 0 Å². The van der Waals surface area contributed by atoms with Gasteiger partial charge in [-0.15, -0.1) is 0 Å². The lowest BCUT2D eigenvalue weighted by atomic mass is 9.95. The average molecular weight is 424 g/mol. The highest BCUT2D eigenvalue weighted by atomic mass is 16.3. The van der Waals surface area contributed by atoms with Crippen LogP contribution in [0.4, 0.5) is 0 Å². The molecule has 0 saturated carbocycles. The zero-order valence-electron chi connectivity index (χ0n) is 18.3. The molecular formula is C23H29N5O3. The standard InChI is InChI=1S/C23H29N5O3/c1-15-18(16(2)26(3)25-15)21(29)19-20(17-7-9-24-10-8-17)28(23(31)22(19)30)14-13-27-11-5-4-6-12-27/h7-10,20,29H,4-6,11-14H2,1-3H3/b21-19+. The van der Waals surface area contributed by atoms with Gasteiger partial charge in [-0.25, -0.2) is 0 Å². The maximum atomic E-state index is 13.1. The molecule has 0 spiro atoms. The first-order chi connectivity index (χ1) is 14.9. The van der Waals surface area contributed by atoms with Crippen molar-refractivity contribution in [2.75, 3.05) is 26.2 Å². The Balaban J connectivity index is 1.76. The summed E-state index contributed by atoms with van der Waals surface area (Å²) in [5.74, 6) is -1.39. The van der Waals surface area contributed by atoms with Crippen molar-refractivity contribution in [3.8, 4) is 0 Å². The number of pyridine rings is 1. The smallest absolute Gasteiger partial charge is 0.295 e. The second-order valence-electron chi connectivity index (χ2n) is 8.34. The molecule has 0 aliphatic carbocycles. The predicted molar refractivity (Wildman–Crippen MR) is 116 cm³/mol. The molecule has 0 radical (unpaired) electrons. The van der Waals surface area contributed by atoms with Gasteiger partial charge < -0.3 is 14.9 Å². The molecule has 8 nitrogen and oxygen atoms in total. The summed E-state index contributed by atoms with van der Waals surface area (Å²) in [4.78, 5) is 34.2. The van der Waals surface area contributed by atoms with Crippen molar-refractivity contribution < 1.29 is 14.7 Å². The Morgan fingerprint density at radius 2 is 1.77 bits per heavy atom. The fourth-order valence-electron chi connectivity index (χ4n) is 4.69. The van der Waals surface area contributed by atoms with Gasteiger partial charge >= 0.3 is 0 Å². The molecule has 0 bridgehead atoms. The first kappa shape index (κ1) is 21.2. The largest absolute Gasteiger partial charge is 0.507 e. The van der Waals surface area contributed by atoms with Gasteiger partial charge in [-0.3, -0.25) is 19.3 Å². The van der Waals surface area contributed by atoms with E-state index in [-0.39, 0.29) is 11.3 Å². The first-order valence-electron chi connectivity index (χ1n) is 10.8. The number of nitrogens with zero attached hydrogens (tertiary/aromatic N) is 5. The number of amides is 1. The minimum Gasteiger partial charge on any atom is -0.507 e. The van der Waals surface area contributed by atoms with E-state index in [1.165, 1.54) is 6.42 Å². The SMILES string of the molecule is Cc1nn(C)c(C)c1/C(O)=C1\C(=O)C(=O)N(CCN2CCCCC2)C1c1ccncc1. The number of aliphatic hydroxyl groups is 1. The number of ketones is 1. The van der Waals surface area contributed by atoms with Crippen LogP contribution in [0.2, 0.25) is 0 Å². The minimum absolute atomic E-state index is 0.119. The summed E-state index contributed by atoms with van der Waals surface area (Å²) in [6, 6.07) is 2.94. The molecule has 1 amide bonds. The van der Waals surface area contributed by atoms with Gasteiger partial charge in [0.05, 0.1) is 22.9 Å². The van der Waals surface area contributed by atoms with Crippen molar-refractivity contribution in [3.05, 3.63) is 52.6 Å². The predicted octanol–water partition coefficient (Wildman–Crippen LogP) is 2.34. The number of aromatic nitrogens is 3. The topological polar surface area (TPSA) is 91.6 Å². The first-order valence-corrected chi connectivity index (χ1v) is 10.8. The Morgan fingerprint density at radius 1 is 1.10 bits per heavy atom. The Kier molecular flexibility index (Phi) is 5.91. The average Bonchev–Trinajstić information content (AvgIpc) is 3.18. The lowest BCUT2D eigenvalue weighted by Crippen LogP contribution is -2.39. The summed E-state index contributed by atoms with van der Waals surface area (Å²) < 4.78 is 1.66. The maximum Gasteiger partial charge on any atom is 0.295 e. The third kappa shape index (κ3) is 3.87. The number of likely N-dealkylation sites (tertiary alicyclic amines) is 2. The molecule has 1 N–H and O–H groups in total. The van der Waals surface area contributed by atoms with Gasteiger partial charge in [-0.05, 0) is 57.5 Å². The number of hydrogen-bond acceptors (Lipinski definition) is 6. The highest BCUT2D eigenvalue weighted by molar-refractivity contribution is 6.46. The number of Topliss-reactive ketones (excluding diaryl/α,β-unsaturated/α-hetero) is 1. The van der Waals surface area contributed by atoms with Crippen LogP contribution in [0.5, 0.6) is 0 Å². The number of carbonyl (C=O) groups excluding carboxylic acids is 2. The van der Waals surface area contributed by atoms with Crippen molar-refractivity contribution in [3.63, 3.8) is 0 Å². The highest BCUT2D eigenvalue weighted by Gasteiger charge is 2.46. The van der Waals surface area contributed by atoms with Crippen molar-refractivity contribution in [1.29, 1.82) is 0 Å². The number of rotatable bonds is 5. The Bertz CT molecular complexity index is 1020. The van der Waals surface area contributed by atoms with Gasteiger partial charge in [0.25, 0.3) is 11.7 Å². The normalized spacial score (nSPS) is 21.8. The van der Waals surface area contributed by atoms with E-state index in [0.29, 0.717) is 24.3 Å². The number of hydrogen-bond donors (Lipinski definition) is 1. The minimum atomic E-state index is -0.652. The van der Waals surface area contributed by atoms with Crippen molar-refractivity contribution >= 4 is 17.4 Å². The summed E-state index contributed by atoms with van der Waals surface area (Å²) in [6.07, 6.45) is 6.83. The lowest BCUT2D eigenvalue weighted by molar-refractivity contribution is -0.140. The van der Waals surface area contributed by atoms with Crippen molar-refractivity contribution in [2.24, 2.45) is 7.05 Å². The van der Waals surface area contributed by atoms with E-state index < -0.39 is 17.7 Å². The Morgan fingerprint density at radius 3 is 2.39 bits per heavy atom. The van der Waals surface area contributed by atoms with Gasteiger partial charge in [0, 0.05) is 38.2 Å². The molecule has 2 aromatic heterocycles. The molecule has 1 atom stereocenters. The summed E-state index contributed by atoms with van der Waals surface area (Å²) in [7, 11) is 1.79. The fourth-order valence-corrected chi connectivity index (χ4v) is 4.69. The maximum absolute atomic E-state index is 13.1. The van der Waals surface area contributed by atoms with Crippen LogP contribution >= 0.6 is 0 Å². The fraction of sp³-hybridized carbons (Fsp3) is 0.478. The van der Waals surface area contributed by atoms with Gasteiger partial charge in [0.1, 0.15) is 5.76 Å². The molecule has 4 heterocycles. The van der Waals surface area contributed by atoms with Crippen LogP contribution in [-0.4, -0.2) is 67.5 Å². The summed E-state index contributed by atoms with van der Waals surface area (Å²) in [5, 5.41) is 15.6. The van der Waals surface area contributed by atoms with E-state index in [0.717, 1.165) is 37.2 Å². The summed E-state index contributed by atoms with van der Waals surface area (Å²) in [5.41, 5.74) is 2.74. The number of aryl methyl sites for hydroxylation is 2. The molecule has 2 aromatic rings. The van der Waals surface area contributed by atoms with E-state index >= 15 is 0 Å². The zero-order valence-corrected chi connectivity index (χ0v) is 18.3. The Labute approximate surface area is 182 Å². The quantitative estimate of drug-likeness (QED) is 0.451. The van der Waals surface area contributed by atoms with Gasteiger partial charge in [0.15, 0.2) is 0 Å². The van der Waals surface area contributed by atoms with Crippen molar-refractivity contribution in [1.82, 2.24) is 24.6 Å². The number of carbonyl (C=O) groups is 2. The van der Waals surface area contributed by atoms with Crippen LogP contribution in [0.15, 0.2) is 30.1 Å². The van der Waals surface area contributed by atoms with Gasteiger partial charge in [-0.2, -0.15) is 5.10 Å². The third-order valence-corrected chi connectivity index (χ3v) is 6.41. The third-order valence-electron chi connectivity index (χ3n) is 6.41. The highest BCUT2D eigenvalue weighted by Crippen LogP contribution is 2.40. The lowest BCUT2D eigenvalue weighted by Gasteiger charge is -2.31. The summed E-state index contributed by atoms with van der Waals surface area (Å²) >= 11 is 0. The van der Waals surface area contributed by atoms with E-state index in [1.54, 1.807) is 48.1 Å². The van der Waals surface area contributed by atoms with E-state index in [2.05, 4.69) is 15.0 Å². The summed E-state index contributed by atoms with van der Waals surface area (Å²) in [6.45, 7) is 6.79. The number of piperidine rings is 1. The molecule has 8 heteroatoms. The second kappa shape index (κ2) is 8.63. The second-order valence-corrected chi connectivity index (χ2v) is 8.34. The van der Waals surface area contributed by atoms with Crippen LogP contribution in [0.3, 0.4) is 0 Å². The van der Waals surface area contributed by atoms with Crippen LogP contribution in [0, 0.1) is 13.8 Å². The van der Waals surface area contributed by atoms with Crippen LogP contribution in [-0.2, 0) is 16.6 Å². The molecule has 1 unspecified atom stereocenters. The molecule has 31 heavy (non-hydrogen) atoms. The number of aliphatic hydroxyl groups excluding tert-OH is 1. The monoisotopic (exact) mass is 423 g/mol. The molecule has 2 aliphatic heterocycles. The van der Waals surface area contributed by atoms with E-state index in [9.17, 15) is 14.7 Å². The van der Waals surface area contributed by atoms with Gasteiger partial charge in [-0.1, -0.05) is 6.42 Å². The van der Waals surface area contributed by atoms with Crippen LogP contribution in [0.25, 0.3) is 5.76 Å². The zero-order chi connectivity index (χ0) is 22.1. The molecule has 164 valence electrons. The Hall–Kier alpha value is -3.00. The molecule has 2 aliphatic rings. The van der Waals surface area contributed by atoms with Crippen LogP contribution in [0.1, 0.15) is 47.8 Å². The van der Waals surface area contributed by atoms with Crippen LogP contribution < -0.4 is 0 Å². The van der Waals surface area contributed by atoms with E-state index in [4.69, 9.17) is 0 Å². The molecular weight excluding hydrogens is 394 g/mol. The van der Waals surface area contributed by atoms with E-state index in [1.807, 2.05) is 6.92 Å². The molecule has 4 rings (SSSR count). The molecule has 2 fully saturated rings. The molecule has 0 aromatic carbocycles. The van der Waals surface area contributed by atoms with Crippen molar-refractivity contribution in [2.45, 2.75) is 39.2 Å².